The van der Waals surface area contributed by atoms with Crippen LogP contribution < -0.4 is 15.2 Å². The summed E-state index contributed by atoms with van der Waals surface area (Å²) in [6, 6.07) is 6.04. The number of benzene rings is 2. The summed E-state index contributed by atoms with van der Waals surface area (Å²) < 4.78 is 5.24. The molecule has 0 fully saturated rings. The number of nitrogens with one attached hydrogen (secondary N) is 1. The standard InChI is InChI=1S/C15H11Cl3N2O5/c16-10-4-12(18)14(5-11(10)17)25-7-15(22)19-6-8-3-9(20(23)24)1-2-13(8)21/h1-5,21H,6-7H2,(H,19,22)/p-1. The van der Waals surface area contributed by atoms with Gasteiger partial charge in [-0.25, -0.2) is 0 Å². The molecule has 0 spiro atoms. The third-order valence-electron chi connectivity index (χ3n) is 3.06. The highest BCUT2D eigenvalue weighted by Crippen LogP contribution is 2.33. The number of ether oxygens (including phenoxy) is 1. The lowest BCUT2D eigenvalue weighted by Gasteiger charge is -2.14. The van der Waals surface area contributed by atoms with Crippen LogP contribution in [-0.2, 0) is 11.3 Å². The Hall–Kier alpha value is -2.22. The molecule has 0 aliphatic heterocycles. The quantitative estimate of drug-likeness (QED) is 0.452. The van der Waals surface area contributed by atoms with Gasteiger partial charge < -0.3 is 15.2 Å². The van der Waals surface area contributed by atoms with Gasteiger partial charge in [-0.1, -0.05) is 40.9 Å². The predicted molar refractivity (Wildman–Crippen MR) is 91.4 cm³/mol. The normalized spacial score (nSPS) is 10.4. The summed E-state index contributed by atoms with van der Waals surface area (Å²) in [5.74, 6) is -0.793. The number of halogens is 3. The Morgan fingerprint density at radius 3 is 2.48 bits per heavy atom. The number of nitro groups is 1. The van der Waals surface area contributed by atoms with Crippen molar-refractivity contribution in [3.8, 4) is 11.5 Å². The van der Waals surface area contributed by atoms with E-state index in [1.165, 1.54) is 12.1 Å². The van der Waals surface area contributed by atoms with Crippen molar-refractivity contribution in [1.82, 2.24) is 5.32 Å². The molecule has 0 aromatic heterocycles. The molecule has 0 heterocycles. The molecule has 0 atom stereocenters. The number of rotatable bonds is 6. The van der Waals surface area contributed by atoms with Crippen molar-refractivity contribution < 1.29 is 19.6 Å². The number of hydrogen-bond acceptors (Lipinski definition) is 5. The van der Waals surface area contributed by atoms with Crippen LogP contribution in [0.5, 0.6) is 11.5 Å². The lowest BCUT2D eigenvalue weighted by molar-refractivity contribution is -0.385. The lowest BCUT2D eigenvalue weighted by Crippen LogP contribution is -2.28. The van der Waals surface area contributed by atoms with Crippen LogP contribution in [0.2, 0.25) is 15.1 Å². The largest absolute Gasteiger partial charge is 0.872 e. The minimum Gasteiger partial charge on any atom is -0.872 e. The van der Waals surface area contributed by atoms with E-state index in [9.17, 15) is 20.0 Å². The molecule has 25 heavy (non-hydrogen) atoms. The summed E-state index contributed by atoms with van der Waals surface area (Å²) in [5, 5.41) is 25.4. The Morgan fingerprint density at radius 1 is 1.12 bits per heavy atom. The molecule has 0 radical (unpaired) electrons. The Bertz CT molecular complexity index is 829. The van der Waals surface area contributed by atoms with Gasteiger partial charge in [0.25, 0.3) is 11.6 Å². The summed E-state index contributed by atoms with van der Waals surface area (Å²) in [5.41, 5.74) is -0.141. The van der Waals surface area contributed by atoms with E-state index in [0.717, 1.165) is 18.2 Å². The zero-order chi connectivity index (χ0) is 18.6. The van der Waals surface area contributed by atoms with Gasteiger partial charge in [-0.3, -0.25) is 14.9 Å². The highest BCUT2D eigenvalue weighted by Gasteiger charge is 2.11. The molecule has 2 rings (SSSR count). The first-order valence-electron chi connectivity index (χ1n) is 6.76. The van der Waals surface area contributed by atoms with E-state index < -0.39 is 16.6 Å². The molecule has 0 saturated carbocycles. The van der Waals surface area contributed by atoms with Gasteiger partial charge in [0.2, 0.25) is 0 Å². The fourth-order valence-corrected chi connectivity index (χ4v) is 2.41. The van der Waals surface area contributed by atoms with Gasteiger partial charge in [-0.15, -0.1) is 5.75 Å². The van der Waals surface area contributed by atoms with Gasteiger partial charge in [0, 0.05) is 24.7 Å². The minimum absolute atomic E-state index is 0.0927. The molecule has 7 nitrogen and oxygen atoms in total. The number of non-ortho nitro benzene ring substituents is 1. The molecule has 0 unspecified atom stereocenters. The van der Waals surface area contributed by atoms with Crippen molar-refractivity contribution in [1.29, 1.82) is 0 Å². The third-order valence-corrected chi connectivity index (χ3v) is 4.08. The second-order valence-corrected chi connectivity index (χ2v) is 6.03. The van der Waals surface area contributed by atoms with Crippen LogP contribution in [0.4, 0.5) is 5.69 Å². The van der Waals surface area contributed by atoms with Gasteiger partial charge in [0.05, 0.1) is 20.0 Å². The molecule has 1 amide bonds. The highest BCUT2D eigenvalue weighted by molar-refractivity contribution is 6.43. The molecule has 2 aromatic carbocycles. The first-order valence-corrected chi connectivity index (χ1v) is 7.89. The maximum Gasteiger partial charge on any atom is 0.269 e. The highest BCUT2D eigenvalue weighted by atomic mass is 35.5. The smallest absolute Gasteiger partial charge is 0.269 e. The molecule has 0 bridgehead atoms. The van der Waals surface area contributed by atoms with Crippen LogP contribution >= 0.6 is 34.8 Å². The van der Waals surface area contributed by atoms with Crippen LogP contribution in [0.25, 0.3) is 0 Å². The summed E-state index contributed by atoms with van der Waals surface area (Å²) in [6.07, 6.45) is 0. The van der Waals surface area contributed by atoms with E-state index in [1.54, 1.807) is 0 Å². The molecule has 0 aliphatic carbocycles. The maximum absolute atomic E-state index is 11.8. The van der Waals surface area contributed by atoms with Gasteiger partial charge in [-0.2, -0.15) is 0 Å². The number of carbonyl (C=O) groups excluding carboxylic acids is 1. The Balaban J connectivity index is 1.94. The average molecular weight is 405 g/mol. The molecule has 0 aliphatic rings. The number of carbonyl (C=O) groups is 1. The topological polar surface area (TPSA) is 105 Å². The first-order chi connectivity index (χ1) is 11.8. The molecule has 132 valence electrons. The van der Waals surface area contributed by atoms with Crippen LogP contribution in [0.15, 0.2) is 30.3 Å². The van der Waals surface area contributed by atoms with Crippen LogP contribution in [0.3, 0.4) is 0 Å². The van der Waals surface area contributed by atoms with E-state index in [2.05, 4.69) is 5.32 Å². The van der Waals surface area contributed by atoms with Crippen molar-refractivity contribution in [3.05, 3.63) is 61.1 Å². The fourth-order valence-electron chi connectivity index (χ4n) is 1.82. The fraction of sp³-hybridized carbons (Fsp3) is 0.133. The zero-order valence-electron chi connectivity index (χ0n) is 12.4. The van der Waals surface area contributed by atoms with E-state index in [4.69, 9.17) is 39.5 Å². The van der Waals surface area contributed by atoms with E-state index in [-0.39, 0.29) is 45.2 Å². The van der Waals surface area contributed by atoms with Crippen molar-refractivity contribution in [2.45, 2.75) is 6.54 Å². The van der Waals surface area contributed by atoms with Crippen molar-refractivity contribution in [2.24, 2.45) is 0 Å². The van der Waals surface area contributed by atoms with Crippen LogP contribution in [-0.4, -0.2) is 17.4 Å². The molecule has 0 saturated heterocycles. The number of amides is 1. The third kappa shape index (κ3) is 5.12. The summed E-state index contributed by atoms with van der Waals surface area (Å²) in [4.78, 5) is 21.9. The Morgan fingerprint density at radius 2 is 1.80 bits per heavy atom. The van der Waals surface area contributed by atoms with Crippen molar-refractivity contribution in [2.75, 3.05) is 6.61 Å². The van der Waals surface area contributed by atoms with E-state index in [0.29, 0.717) is 0 Å². The monoisotopic (exact) mass is 403 g/mol. The average Bonchev–Trinajstić information content (AvgIpc) is 2.56. The molecular weight excluding hydrogens is 395 g/mol. The summed E-state index contributed by atoms with van der Waals surface area (Å²) in [7, 11) is 0. The second kappa shape index (κ2) is 8.24. The first kappa shape index (κ1) is 19.1. The molecule has 1 N–H and O–H groups in total. The van der Waals surface area contributed by atoms with E-state index >= 15 is 0 Å². The SMILES string of the molecule is O=C(COc1cc(Cl)c(Cl)cc1Cl)NCc1cc([N+](=O)[O-])ccc1[O-]. The Labute approximate surface area is 157 Å². The second-order valence-electron chi connectivity index (χ2n) is 4.81. The van der Waals surface area contributed by atoms with Crippen LogP contribution in [0.1, 0.15) is 5.56 Å². The summed E-state index contributed by atoms with van der Waals surface area (Å²) in [6.45, 7) is -0.557. The van der Waals surface area contributed by atoms with Gasteiger partial charge in [0.1, 0.15) is 5.75 Å². The number of nitrogens with zero attached hydrogens (tertiary/aromatic N) is 1. The van der Waals surface area contributed by atoms with Gasteiger partial charge >= 0.3 is 0 Å². The van der Waals surface area contributed by atoms with Gasteiger partial charge in [-0.05, 0) is 11.6 Å². The predicted octanol–water partition coefficient (Wildman–Crippen LogP) is 3.32. The summed E-state index contributed by atoms with van der Waals surface area (Å²) >= 11 is 17.5. The lowest BCUT2D eigenvalue weighted by atomic mass is 10.2. The van der Waals surface area contributed by atoms with Crippen LogP contribution in [0, 0.1) is 10.1 Å². The molecule has 10 heteroatoms. The molecule has 2 aromatic rings. The molecular formula is C15H10Cl3N2O5-. The Kier molecular flexibility index (Phi) is 6.30. The van der Waals surface area contributed by atoms with Crippen molar-refractivity contribution in [3.63, 3.8) is 0 Å². The van der Waals surface area contributed by atoms with E-state index in [1.807, 2.05) is 0 Å². The van der Waals surface area contributed by atoms with Gasteiger partial charge in [0.15, 0.2) is 6.61 Å². The maximum atomic E-state index is 11.8. The minimum atomic E-state index is -0.625. The zero-order valence-corrected chi connectivity index (χ0v) is 14.7. The number of nitro benzene ring substituents is 1. The number of hydrogen-bond donors (Lipinski definition) is 1. The van der Waals surface area contributed by atoms with Crippen molar-refractivity contribution >= 4 is 46.4 Å².